The number of aromatic nitrogens is 4. The van der Waals surface area contributed by atoms with E-state index >= 15 is 0 Å². The largest absolute Gasteiger partial charge is 0.481 e. The summed E-state index contributed by atoms with van der Waals surface area (Å²) in [6.07, 6.45) is 9.56. The van der Waals surface area contributed by atoms with Gasteiger partial charge in [-0.05, 0) is 98.9 Å². The van der Waals surface area contributed by atoms with Crippen molar-refractivity contribution in [1.29, 1.82) is 0 Å². The van der Waals surface area contributed by atoms with Crippen LogP contribution in [-0.2, 0) is 31.4 Å². The van der Waals surface area contributed by atoms with E-state index in [2.05, 4.69) is 31.5 Å². The van der Waals surface area contributed by atoms with Crippen LogP contribution < -0.4 is 10.6 Å². The molecule has 3 aliphatic rings. The normalized spacial score (nSPS) is 20.2. The number of aliphatic carboxylic acids is 1. The van der Waals surface area contributed by atoms with Crippen LogP contribution in [-0.4, -0.2) is 83.7 Å². The molecule has 2 aromatic carbocycles. The zero-order valence-electron chi connectivity index (χ0n) is 32.0. The molecule has 5 aromatic rings. The van der Waals surface area contributed by atoms with E-state index in [0.29, 0.717) is 47.0 Å². The lowest BCUT2D eigenvalue weighted by molar-refractivity contribution is -0.143. The number of amides is 1. The van der Waals surface area contributed by atoms with Crippen LogP contribution in [0.1, 0.15) is 71.7 Å². The first-order chi connectivity index (χ1) is 27.1. The maximum absolute atomic E-state index is 13.8. The van der Waals surface area contributed by atoms with Crippen molar-refractivity contribution in [2.75, 3.05) is 36.8 Å². The third-order valence-corrected chi connectivity index (χ3v) is 12.4. The summed E-state index contributed by atoms with van der Waals surface area (Å²) < 4.78 is 1.93. The fraction of sp³-hybridized carbons (Fsp3) is 0.419. The van der Waals surface area contributed by atoms with Gasteiger partial charge in [-0.2, -0.15) is 0 Å². The summed E-state index contributed by atoms with van der Waals surface area (Å²) in [4.78, 5) is 44.0. The lowest BCUT2D eigenvalue weighted by Crippen LogP contribution is -2.33. The van der Waals surface area contributed by atoms with Crippen LogP contribution in [0.3, 0.4) is 0 Å². The van der Waals surface area contributed by atoms with E-state index in [1.54, 1.807) is 6.20 Å². The quantitative estimate of drug-likeness (QED) is 0.109. The van der Waals surface area contributed by atoms with Crippen LogP contribution in [0.25, 0.3) is 22.0 Å². The minimum absolute atomic E-state index is 0.186. The standard InChI is InChI=1S/C43H49ClN8O4/c1-26-32(33-6-4-8-35(38(33)44)47-40-39-30(13-17-45-40)21-28(22-46-39)23-52-19-15-31(53)24-52)5-3-7-34(26)49-42(54)41-48-36-25-51(20-16-37(36)50(41)2)18-14-27-9-11-29(12-10-27)43(55)56/h3-8,13,17,21-22,27,29,31,53H,9-12,14-16,18-20,23-25H2,1-2H3,(H,45,47)(H,49,54)(H,55,56). The highest BCUT2D eigenvalue weighted by Gasteiger charge is 2.29. The molecule has 292 valence electrons. The minimum atomic E-state index is -0.660. The summed E-state index contributed by atoms with van der Waals surface area (Å²) >= 11 is 7.11. The second-order valence-corrected chi connectivity index (χ2v) is 16.1. The number of rotatable bonds is 11. The van der Waals surface area contributed by atoms with Gasteiger partial charge in [-0.1, -0.05) is 35.9 Å². The summed E-state index contributed by atoms with van der Waals surface area (Å²) in [6.45, 7) is 6.84. The number of fused-ring (bicyclic) bond motifs is 2. The third kappa shape index (κ3) is 8.02. The Morgan fingerprint density at radius 1 is 0.964 bits per heavy atom. The van der Waals surface area contributed by atoms with Gasteiger partial charge in [-0.3, -0.25) is 24.4 Å². The first kappa shape index (κ1) is 38.0. The molecule has 4 N–H and O–H groups in total. The Morgan fingerprint density at radius 3 is 2.52 bits per heavy atom. The predicted molar refractivity (Wildman–Crippen MR) is 218 cm³/mol. The number of likely N-dealkylation sites (tertiary alicyclic amines) is 1. The van der Waals surface area contributed by atoms with Gasteiger partial charge in [0.15, 0.2) is 11.6 Å². The molecule has 13 heteroatoms. The fourth-order valence-corrected chi connectivity index (χ4v) is 9.02. The summed E-state index contributed by atoms with van der Waals surface area (Å²) in [5.74, 6) is 0.446. The molecule has 0 spiro atoms. The van der Waals surface area contributed by atoms with Gasteiger partial charge >= 0.3 is 5.97 Å². The molecule has 2 aliphatic heterocycles. The molecule has 1 saturated heterocycles. The lowest BCUT2D eigenvalue weighted by Gasteiger charge is -2.30. The summed E-state index contributed by atoms with van der Waals surface area (Å²) in [6, 6.07) is 15.7. The number of carbonyl (C=O) groups is 2. The van der Waals surface area contributed by atoms with Crippen molar-refractivity contribution in [2.24, 2.45) is 18.9 Å². The van der Waals surface area contributed by atoms with Crippen molar-refractivity contribution in [2.45, 2.75) is 71.1 Å². The van der Waals surface area contributed by atoms with Gasteiger partial charge in [0.25, 0.3) is 5.91 Å². The molecule has 2 fully saturated rings. The molecular formula is C43H49ClN8O4. The fourth-order valence-electron chi connectivity index (χ4n) is 8.74. The first-order valence-corrected chi connectivity index (χ1v) is 20.1. The number of aliphatic hydroxyl groups excluding tert-OH is 1. The topological polar surface area (TPSA) is 149 Å². The van der Waals surface area contributed by atoms with Gasteiger partial charge in [-0.25, -0.2) is 9.97 Å². The zero-order chi connectivity index (χ0) is 38.9. The smallest absolute Gasteiger partial charge is 0.306 e. The zero-order valence-corrected chi connectivity index (χ0v) is 32.7. The van der Waals surface area contributed by atoms with Gasteiger partial charge in [0.2, 0.25) is 0 Å². The number of carboxylic acid groups (broad SMARTS) is 1. The molecule has 1 saturated carbocycles. The second kappa shape index (κ2) is 16.3. The number of nitrogens with zero attached hydrogens (tertiary/aromatic N) is 6. The number of carboxylic acids is 1. The van der Waals surface area contributed by atoms with Crippen LogP contribution in [0.15, 0.2) is 60.9 Å². The minimum Gasteiger partial charge on any atom is -0.481 e. The molecule has 8 rings (SSSR count). The second-order valence-electron chi connectivity index (χ2n) is 15.7. The number of benzene rings is 2. The maximum atomic E-state index is 13.8. The van der Waals surface area contributed by atoms with Crippen LogP contribution >= 0.6 is 11.6 Å². The monoisotopic (exact) mass is 776 g/mol. The highest BCUT2D eigenvalue weighted by Crippen LogP contribution is 2.39. The molecule has 5 heterocycles. The number of β-amino-alcohol motifs (C(OH)–C–C–N with tert-alkyl or cyclic N) is 1. The van der Waals surface area contributed by atoms with Crippen LogP contribution in [0.4, 0.5) is 17.2 Å². The third-order valence-electron chi connectivity index (χ3n) is 12.0. The highest BCUT2D eigenvalue weighted by molar-refractivity contribution is 6.36. The Labute approximate surface area is 331 Å². The molecule has 1 atom stereocenters. The van der Waals surface area contributed by atoms with Crippen molar-refractivity contribution < 1.29 is 19.8 Å². The van der Waals surface area contributed by atoms with Gasteiger partial charge in [0, 0.05) is 80.9 Å². The van der Waals surface area contributed by atoms with Crippen LogP contribution in [0.5, 0.6) is 0 Å². The van der Waals surface area contributed by atoms with Crippen molar-refractivity contribution in [3.8, 4) is 11.1 Å². The molecule has 3 aromatic heterocycles. The van der Waals surface area contributed by atoms with E-state index in [-0.39, 0.29) is 17.9 Å². The lowest BCUT2D eigenvalue weighted by atomic mass is 9.80. The van der Waals surface area contributed by atoms with E-state index < -0.39 is 5.97 Å². The number of hydrogen-bond donors (Lipinski definition) is 4. The summed E-state index contributed by atoms with van der Waals surface area (Å²) in [5, 5.41) is 27.3. The number of nitrogens with one attached hydrogen (secondary N) is 2. The molecule has 1 unspecified atom stereocenters. The van der Waals surface area contributed by atoms with E-state index in [1.165, 1.54) is 0 Å². The Bertz CT molecular complexity index is 2270. The van der Waals surface area contributed by atoms with E-state index in [1.807, 2.05) is 67.2 Å². The Balaban J connectivity index is 0.941. The molecular weight excluding hydrogens is 728 g/mol. The average Bonchev–Trinajstić information content (AvgIpc) is 3.76. The Hall–Kier alpha value is -4.88. The van der Waals surface area contributed by atoms with Gasteiger partial charge in [0.1, 0.15) is 5.52 Å². The van der Waals surface area contributed by atoms with Crippen molar-refractivity contribution in [3.05, 3.63) is 94.3 Å². The number of hydrogen-bond acceptors (Lipinski definition) is 9. The molecule has 0 radical (unpaired) electrons. The molecule has 12 nitrogen and oxygen atoms in total. The van der Waals surface area contributed by atoms with Gasteiger partial charge in [-0.15, -0.1) is 0 Å². The molecule has 0 bridgehead atoms. The highest BCUT2D eigenvalue weighted by atomic mass is 35.5. The molecule has 56 heavy (non-hydrogen) atoms. The van der Waals surface area contributed by atoms with Gasteiger partial charge in [0.05, 0.1) is 28.4 Å². The van der Waals surface area contributed by atoms with Crippen molar-refractivity contribution in [3.63, 3.8) is 0 Å². The summed E-state index contributed by atoms with van der Waals surface area (Å²) in [7, 11) is 1.92. The maximum Gasteiger partial charge on any atom is 0.306 e. The predicted octanol–water partition coefficient (Wildman–Crippen LogP) is 7.19. The molecule has 1 aliphatic carbocycles. The van der Waals surface area contributed by atoms with E-state index in [9.17, 15) is 19.8 Å². The van der Waals surface area contributed by atoms with E-state index in [4.69, 9.17) is 21.6 Å². The van der Waals surface area contributed by atoms with Gasteiger partial charge < -0.3 is 25.4 Å². The SMILES string of the molecule is Cc1c(NC(=O)c2nc3c(n2C)CCN(CCC2CCC(C(=O)O)CC2)C3)cccc1-c1cccc(Nc2nccc3cc(CN4CCC(O)C4)cnc23)c1Cl. The number of carbonyl (C=O) groups excluding carboxylic acids is 1. The first-order valence-electron chi connectivity index (χ1n) is 19.7. The molecule has 1 amide bonds. The van der Waals surface area contributed by atoms with E-state index in [0.717, 1.165) is 116 Å². The average molecular weight is 777 g/mol. The summed E-state index contributed by atoms with van der Waals surface area (Å²) in [5.41, 5.74) is 7.81. The Morgan fingerprint density at radius 2 is 1.75 bits per heavy atom. The number of halogens is 1. The number of pyridine rings is 2. The number of aliphatic hydroxyl groups is 1. The van der Waals surface area contributed by atoms with Crippen molar-refractivity contribution in [1.82, 2.24) is 29.3 Å². The van der Waals surface area contributed by atoms with Crippen molar-refractivity contribution >= 4 is 51.6 Å². The number of anilines is 3. The van der Waals surface area contributed by atoms with Crippen LogP contribution in [0.2, 0.25) is 5.02 Å². The number of imidazole rings is 1. The Kier molecular flexibility index (Phi) is 11.1. The van der Waals surface area contributed by atoms with Crippen LogP contribution in [0, 0.1) is 18.8 Å².